The molecular formula is C65H117NO13. The maximum Gasteiger partial charge on any atom is 0.220 e. The average molecular weight is 1120 g/mol. The van der Waals surface area contributed by atoms with Crippen molar-refractivity contribution in [3.05, 3.63) is 60.8 Å². The molecule has 460 valence electrons. The van der Waals surface area contributed by atoms with E-state index in [0.717, 1.165) is 51.4 Å². The molecule has 2 aliphatic rings. The molecule has 0 spiro atoms. The lowest BCUT2D eigenvalue weighted by molar-refractivity contribution is -0.359. The molecule has 2 fully saturated rings. The van der Waals surface area contributed by atoms with E-state index in [1.165, 1.54) is 167 Å². The summed E-state index contributed by atoms with van der Waals surface area (Å²) >= 11 is 0. The number of hydrogen-bond donors (Lipinski definition) is 9. The summed E-state index contributed by atoms with van der Waals surface area (Å²) in [6, 6.07) is -0.938. The van der Waals surface area contributed by atoms with Gasteiger partial charge in [-0.25, -0.2) is 0 Å². The van der Waals surface area contributed by atoms with Crippen LogP contribution in [0.1, 0.15) is 251 Å². The smallest absolute Gasteiger partial charge is 0.220 e. The van der Waals surface area contributed by atoms with Gasteiger partial charge in [0.2, 0.25) is 5.91 Å². The number of unbranched alkanes of at least 4 members (excludes halogenated alkanes) is 30. The number of ether oxygens (including phenoxy) is 4. The summed E-state index contributed by atoms with van der Waals surface area (Å²) < 4.78 is 22.8. The van der Waals surface area contributed by atoms with Crippen LogP contribution in [0.2, 0.25) is 0 Å². The van der Waals surface area contributed by atoms with Crippen LogP contribution < -0.4 is 5.32 Å². The predicted octanol–water partition coefficient (Wildman–Crippen LogP) is 11.7. The molecule has 0 aliphatic carbocycles. The zero-order valence-corrected chi connectivity index (χ0v) is 49.6. The van der Waals surface area contributed by atoms with Gasteiger partial charge in [0.15, 0.2) is 12.6 Å². The molecule has 2 saturated heterocycles. The highest BCUT2D eigenvalue weighted by atomic mass is 16.7. The lowest BCUT2D eigenvalue weighted by Crippen LogP contribution is -2.65. The minimum absolute atomic E-state index is 0.253. The SMILES string of the molecule is CCCCCC/C=C/CC/C=C/CC/C=C/C(O)C(COC1OC(CO)C(OC2OC(CO)C(O)C(O)C2O)C(O)C1O)NC(=O)CCCCCCCCCCCCCCCCCCCCC/C=C\C/C=C\CCCCCCC. The van der Waals surface area contributed by atoms with Crippen molar-refractivity contribution in [3.8, 4) is 0 Å². The maximum absolute atomic E-state index is 13.3. The molecule has 2 aliphatic heterocycles. The van der Waals surface area contributed by atoms with Crippen molar-refractivity contribution in [3.63, 3.8) is 0 Å². The van der Waals surface area contributed by atoms with Gasteiger partial charge in [0.1, 0.15) is 48.8 Å². The highest BCUT2D eigenvalue weighted by molar-refractivity contribution is 5.76. The Bertz CT molecular complexity index is 1560. The van der Waals surface area contributed by atoms with E-state index >= 15 is 0 Å². The first-order valence-corrected chi connectivity index (χ1v) is 32.0. The second kappa shape index (κ2) is 50.2. The van der Waals surface area contributed by atoms with Crippen LogP contribution in [0, 0.1) is 0 Å². The molecule has 12 atom stereocenters. The van der Waals surface area contributed by atoms with Crippen LogP contribution in [-0.2, 0) is 23.7 Å². The Morgan fingerprint density at radius 3 is 1.33 bits per heavy atom. The van der Waals surface area contributed by atoms with Crippen molar-refractivity contribution in [2.24, 2.45) is 0 Å². The van der Waals surface area contributed by atoms with Crippen molar-refractivity contribution in [1.29, 1.82) is 0 Å². The van der Waals surface area contributed by atoms with Gasteiger partial charge in [-0.3, -0.25) is 4.79 Å². The van der Waals surface area contributed by atoms with Gasteiger partial charge in [0.05, 0.1) is 32.0 Å². The maximum atomic E-state index is 13.3. The molecule has 14 nitrogen and oxygen atoms in total. The van der Waals surface area contributed by atoms with E-state index in [1.54, 1.807) is 6.08 Å². The van der Waals surface area contributed by atoms with Gasteiger partial charge in [-0.1, -0.05) is 229 Å². The molecular weight excluding hydrogens is 1000 g/mol. The fourth-order valence-corrected chi connectivity index (χ4v) is 10.2. The fraction of sp³-hybridized carbons (Fsp3) is 0.831. The van der Waals surface area contributed by atoms with Crippen LogP contribution in [0.5, 0.6) is 0 Å². The third-order valence-corrected chi connectivity index (χ3v) is 15.4. The van der Waals surface area contributed by atoms with E-state index in [9.17, 15) is 45.6 Å². The minimum Gasteiger partial charge on any atom is -0.394 e. The summed E-state index contributed by atoms with van der Waals surface area (Å²) in [7, 11) is 0. The molecule has 0 aromatic heterocycles. The van der Waals surface area contributed by atoms with Gasteiger partial charge < -0.3 is 65.1 Å². The molecule has 2 rings (SSSR count). The molecule has 14 heteroatoms. The number of hydrogen-bond acceptors (Lipinski definition) is 13. The summed E-state index contributed by atoms with van der Waals surface area (Å²) in [5.41, 5.74) is 0. The number of aliphatic hydroxyl groups excluding tert-OH is 8. The summed E-state index contributed by atoms with van der Waals surface area (Å²) in [5.74, 6) is -0.253. The number of rotatable bonds is 51. The van der Waals surface area contributed by atoms with Gasteiger partial charge in [-0.05, 0) is 77.0 Å². The summed E-state index contributed by atoms with van der Waals surface area (Å²) in [5, 5.41) is 87.1. The van der Waals surface area contributed by atoms with Crippen molar-refractivity contribution < 1.29 is 64.6 Å². The first-order valence-electron chi connectivity index (χ1n) is 32.0. The number of carbonyl (C=O) groups is 1. The molecule has 2 heterocycles. The largest absolute Gasteiger partial charge is 0.394 e. The molecule has 12 unspecified atom stereocenters. The number of allylic oxidation sites excluding steroid dienone is 9. The van der Waals surface area contributed by atoms with Crippen molar-refractivity contribution in [1.82, 2.24) is 5.32 Å². The molecule has 0 saturated carbocycles. The molecule has 9 N–H and O–H groups in total. The quantitative estimate of drug-likeness (QED) is 0.0204. The average Bonchev–Trinajstić information content (AvgIpc) is 3.48. The van der Waals surface area contributed by atoms with Crippen LogP contribution in [0.15, 0.2) is 60.8 Å². The predicted molar refractivity (Wildman–Crippen MR) is 318 cm³/mol. The van der Waals surface area contributed by atoms with Crippen LogP contribution in [0.25, 0.3) is 0 Å². The van der Waals surface area contributed by atoms with Crippen LogP contribution >= 0.6 is 0 Å². The van der Waals surface area contributed by atoms with Gasteiger partial charge in [-0.15, -0.1) is 0 Å². The third-order valence-electron chi connectivity index (χ3n) is 15.4. The highest BCUT2D eigenvalue weighted by Gasteiger charge is 2.51. The molecule has 0 radical (unpaired) electrons. The summed E-state index contributed by atoms with van der Waals surface area (Å²) in [6.07, 6.45) is 48.5. The van der Waals surface area contributed by atoms with E-state index < -0.39 is 86.8 Å². The molecule has 0 aromatic rings. The second-order valence-corrected chi connectivity index (χ2v) is 22.5. The molecule has 0 bridgehead atoms. The Morgan fingerprint density at radius 2 is 0.848 bits per heavy atom. The van der Waals surface area contributed by atoms with Crippen molar-refractivity contribution >= 4 is 5.91 Å². The normalized spacial score (nSPS) is 24.8. The Morgan fingerprint density at radius 1 is 0.456 bits per heavy atom. The first kappa shape index (κ1) is 72.8. The zero-order chi connectivity index (χ0) is 57.4. The Balaban J connectivity index is 1.66. The van der Waals surface area contributed by atoms with Gasteiger partial charge >= 0.3 is 0 Å². The number of carbonyl (C=O) groups excluding carboxylic acids is 1. The summed E-state index contributed by atoms with van der Waals surface area (Å²) in [6.45, 7) is 2.74. The van der Waals surface area contributed by atoms with Crippen molar-refractivity contribution in [2.75, 3.05) is 19.8 Å². The van der Waals surface area contributed by atoms with E-state index in [4.69, 9.17) is 18.9 Å². The monoisotopic (exact) mass is 1120 g/mol. The molecule has 0 aromatic carbocycles. The van der Waals surface area contributed by atoms with Crippen LogP contribution in [0.4, 0.5) is 0 Å². The number of nitrogens with one attached hydrogen (secondary N) is 1. The summed E-state index contributed by atoms with van der Waals surface area (Å²) in [4.78, 5) is 13.3. The van der Waals surface area contributed by atoms with Crippen LogP contribution in [0.3, 0.4) is 0 Å². The van der Waals surface area contributed by atoms with Crippen LogP contribution in [-0.4, -0.2) is 140 Å². The van der Waals surface area contributed by atoms with E-state index in [1.807, 2.05) is 6.08 Å². The zero-order valence-electron chi connectivity index (χ0n) is 49.6. The van der Waals surface area contributed by atoms with Crippen molar-refractivity contribution in [2.45, 2.75) is 325 Å². The standard InChI is InChI=1S/C65H117NO13/c1-3-5-7-9-11-13-15-17-19-20-21-22-23-24-25-26-27-28-29-30-31-32-33-34-35-37-39-41-43-45-47-49-57(70)66-53(54(69)48-46-44-42-40-38-36-18-16-14-12-10-8-6-4-2)52-76-64-62(75)60(73)63(56(51-68)78-64)79-65-61(74)59(72)58(71)55(50-67)77-65/h14-17,20-21,38,40,46,48,53-56,58-65,67-69,71-75H,3-13,18-19,22-37,39,41-45,47,49-52H2,1-2H3,(H,66,70)/b16-14+,17-15-,21-20-,40-38+,48-46+. The molecule has 1 amide bonds. The van der Waals surface area contributed by atoms with E-state index in [-0.39, 0.29) is 18.9 Å². The topological polar surface area (TPSA) is 228 Å². The first-order chi connectivity index (χ1) is 38.6. The van der Waals surface area contributed by atoms with E-state index in [0.29, 0.717) is 12.8 Å². The van der Waals surface area contributed by atoms with Gasteiger partial charge in [0.25, 0.3) is 0 Å². The molecule has 79 heavy (non-hydrogen) atoms. The Kier molecular flexibility index (Phi) is 46.3. The minimum atomic E-state index is -1.79. The second-order valence-electron chi connectivity index (χ2n) is 22.5. The Hall–Kier alpha value is -2.31. The van der Waals surface area contributed by atoms with Gasteiger partial charge in [-0.2, -0.15) is 0 Å². The van der Waals surface area contributed by atoms with E-state index in [2.05, 4.69) is 67.8 Å². The third kappa shape index (κ3) is 35.4. The number of aliphatic hydroxyl groups is 8. The van der Waals surface area contributed by atoms with Gasteiger partial charge in [0, 0.05) is 6.42 Å². The lowest BCUT2D eigenvalue weighted by Gasteiger charge is -2.46. The highest BCUT2D eigenvalue weighted by Crippen LogP contribution is 2.30. The Labute approximate surface area is 479 Å². The number of amides is 1. The fourth-order valence-electron chi connectivity index (χ4n) is 10.2. The lowest BCUT2D eigenvalue weighted by atomic mass is 9.97.